The van der Waals surface area contributed by atoms with E-state index in [0.29, 0.717) is 0 Å². The minimum atomic E-state index is -0.627. The molecule has 6 heteroatoms. The summed E-state index contributed by atoms with van der Waals surface area (Å²) in [6.45, 7) is 3.50. The zero-order valence-electron chi connectivity index (χ0n) is 25.6. The molecule has 6 rings (SSSR count). The van der Waals surface area contributed by atoms with Crippen molar-refractivity contribution in [3.05, 3.63) is 181 Å². The van der Waals surface area contributed by atoms with E-state index in [4.69, 9.17) is 0 Å². The van der Waals surface area contributed by atoms with E-state index in [9.17, 15) is 0 Å². The van der Waals surface area contributed by atoms with Crippen molar-refractivity contribution in [3.8, 4) is 0 Å². The number of hydrogen-bond acceptors (Lipinski definition) is 2. The molecule has 0 aliphatic carbocycles. The van der Waals surface area contributed by atoms with Crippen LogP contribution in [0, 0.1) is 0 Å². The molecule has 0 bridgehead atoms. The molecule has 233 valence electrons. The summed E-state index contributed by atoms with van der Waals surface area (Å²) in [5.41, 5.74) is 2.74. The Kier molecular flexibility index (Phi) is 14.2. The van der Waals surface area contributed by atoms with Crippen molar-refractivity contribution in [3.63, 3.8) is 0 Å². The van der Waals surface area contributed by atoms with Crippen LogP contribution in [0.2, 0.25) is 0 Å². The molecular formula is C40H38ClN2P2Ru. The summed E-state index contributed by atoms with van der Waals surface area (Å²) in [6, 6.07) is 61.7. The second-order valence-electron chi connectivity index (χ2n) is 10.6. The third-order valence-corrected chi connectivity index (χ3v) is 12.7. The maximum Gasteiger partial charge on any atom is 0.0212 e. The van der Waals surface area contributed by atoms with Crippen LogP contribution in [0.4, 0.5) is 0 Å². The van der Waals surface area contributed by atoms with Gasteiger partial charge in [-0.1, -0.05) is 170 Å². The Morgan fingerprint density at radius 2 is 0.630 bits per heavy atom. The zero-order chi connectivity index (χ0) is 31.8. The summed E-state index contributed by atoms with van der Waals surface area (Å²) >= 11 is 1.82. The molecule has 0 unspecified atom stereocenters. The Morgan fingerprint density at radius 1 is 0.370 bits per heavy atom. The summed E-state index contributed by atoms with van der Waals surface area (Å²) < 4.78 is 0. The molecule has 0 aliphatic rings. The first kappa shape index (κ1) is 34.4. The molecule has 2 nitrogen and oxygen atoms in total. The van der Waals surface area contributed by atoms with Crippen LogP contribution in [0.15, 0.2) is 170 Å². The third-order valence-electron chi connectivity index (χ3n) is 7.63. The van der Waals surface area contributed by atoms with Crippen molar-refractivity contribution < 1.29 is 17.3 Å². The Hall–Kier alpha value is -2.99. The van der Waals surface area contributed by atoms with Gasteiger partial charge in [-0.2, -0.15) is 0 Å². The fraction of sp³-hybridized carbons (Fsp3) is 0.100. The van der Waals surface area contributed by atoms with Gasteiger partial charge in [-0.15, -0.1) is 0 Å². The van der Waals surface area contributed by atoms with Crippen LogP contribution in [0.5, 0.6) is 0 Å². The average Bonchev–Trinajstić information content (AvgIpc) is 3.14. The van der Waals surface area contributed by atoms with E-state index < -0.39 is 15.8 Å². The van der Waals surface area contributed by atoms with Crippen LogP contribution in [-0.4, -0.2) is 13.1 Å². The van der Waals surface area contributed by atoms with Crippen LogP contribution < -0.4 is 42.5 Å². The van der Waals surface area contributed by atoms with Gasteiger partial charge in [-0.25, -0.2) is 0 Å². The Bertz CT molecular complexity index is 1520. The SMILES string of the molecule is [Cl][Ru].c1ccc(P(c2ccccc2)c2ccccc2CNCCNCc2ccccc2P(c2ccccc2)c2ccccc2)cc1. The predicted molar refractivity (Wildman–Crippen MR) is 200 cm³/mol. The minimum Gasteiger partial charge on any atom is -0.311 e. The van der Waals surface area contributed by atoms with Crippen LogP contribution in [0.3, 0.4) is 0 Å². The smallest absolute Gasteiger partial charge is 0.0212 e. The molecule has 0 saturated carbocycles. The van der Waals surface area contributed by atoms with E-state index in [0.717, 1.165) is 26.2 Å². The predicted octanol–water partition coefficient (Wildman–Crippen LogP) is 6.77. The molecule has 6 aromatic rings. The van der Waals surface area contributed by atoms with E-state index >= 15 is 0 Å². The summed E-state index contributed by atoms with van der Waals surface area (Å²) in [5.74, 6) is 0. The van der Waals surface area contributed by atoms with Crippen molar-refractivity contribution >= 4 is 57.4 Å². The fourth-order valence-corrected chi connectivity index (χ4v) is 10.5. The molecule has 0 heterocycles. The second kappa shape index (κ2) is 19.0. The van der Waals surface area contributed by atoms with Gasteiger partial charge in [0.25, 0.3) is 0 Å². The fourth-order valence-electron chi connectivity index (χ4n) is 5.54. The van der Waals surface area contributed by atoms with Crippen LogP contribution in [0.25, 0.3) is 0 Å². The van der Waals surface area contributed by atoms with Gasteiger partial charge in [-0.3, -0.25) is 0 Å². The molecule has 0 fully saturated rings. The van der Waals surface area contributed by atoms with E-state index in [1.54, 1.807) is 0 Å². The molecule has 2 N–H and O–H groups in total. The topological polar surface area (TPSA) is 24.1 Å². The normalized spacial score (nSPS) is 10.9. The van der Waals surface area contributed by atoms with Crippen LogP contribution in [-0.2, 0) is 30.4 Å². The van der Waals surface area contributed by atoms with Gasteiger partial charge in [-0.05, 0) is 58.8 Å². The van der Waals surface area contributed by atoms with Gasteiger partial charge in [0.15, 0.2) is 0 Å². The molecular weight excluding hydrogens is 707 g/mol. The molecule has 0 spiro atoms. The quantitative estimate of drug-likeness (QED) is 0.0776. The zero-order valence-corrected chi connectivity index (χ0v) is 29.9. The largest absolute Gasteiger partial charge is 0.311 e. The summed E-state index contributed by atoms with van der Waals surface area (Å²) in [6.07, 6.45) is 0. The van der Waals surface area contributed by atoms with Crippen molar-refractivity contribution in [1.29, 1.82) is 0 Å². The Labute approximate surface area is 290 Å². The molecule has 0 atom stereocenters. The van der Waals surface area contributed by atoms with Crippen molar-refractivity contribution in [2.75, 3.05) is 13.1 Å². The number of halogens is 1. The van der Waals surface area contributed by atoms with Gasteiger partial charge in [0, 0.05) is 26.2 Å². The van der Waals surface area contributed by atoms with Crippen LogP contribution >= 0.6 is 25.5 Å². The maximum absolute atomic E-state index is 4.57. The summed E-state index contributed by atoms with van der Waals surface area (Å²) in [7, 11) is 3.31. The number of benzene rings is 6. The molecule has 0 saturated heterocycles. The van der Waals surface area contributed by atoms with E-state index in [1.165, 1.54) is 43.0 Å². The van der Waals surface area contributed by atoms with Gasteiger partial charge < -0.3 is 10.6 Å². The van der Waals surface area contributed by atoms with Crippen molar-refractivity contribution in [2.45, 2.75) is 13.1 Å². The molecule has 0 amide bonds. The standard InChI is InChI=1S/C40H38N2P2.ClH.Ru/c1-5-19-35(20-6-1)43(36-21-7-2-8-22-36)39-27-15-13-17-33(39)31-41-29-30-42-32-34-18-14-16-28-40(34)44(37-23-9-3-10-24-37)38-25-11-4-12-26-38;;/h1-28,41-42H,29-32H2;1H;/q;;+1/p-1. The van der Waals surface area contributed by atoms with Gasteiger partial charge in [0.2, 0.25) is 0 Å². The first-order valence-corrected chi connectivity index (χ1v) is 20.3. The van der Waals surface area contributed by atoms with Gasteiger partial charge in [0.1, 0.15) is 0 Å². The number of nitrogens with one attached hydrogen (secondary N) is 2. The summed E-state index contributed by atoms with van der Waals surface area (Å²) in [4.78, 5) is 0. The first-order chi connectivity index (χ1) is 22.9. The summed E-state index contributed by atoms with van der Waals surface area (Å²) in [5, 5.41) is 15.8. The Balaban J connectivity index is 0.00000204. The molecule has 0 aliphatic heterocycles. The van der Waals surface area contributed by atoms with Crippen LogP contribution in [0.1, 0.15) is 11.1 Å². The Morgan fingerprint density at radius 3 is 0.935 bits per heavy atom. The third kappa shape index (κ3) is 9.30. The van der Waals surface area contributed by atoms with Gasteiger partial charge >= 0.3 is 27.0 Å². The van der Waals surface area contributed by atoms with E-state index in [-0.39, 0.29) is 0 Å². The monoisotopic (exact) mass is 745 g/mol. The maximum atomic E-state index is 4.57. The second-order valence-corrected chi connectivity index (χ2v) is 15.0. The average molecular weight is 745 g/mol. The first-order valence-electron chi connectivity index (χ1n) is 15.4. The van der Waals surface area contributed by atoms with E-state index in [1.807, 2.05) is 17.3 Å². The van der Waals surface area contributed by atoms with E-state index in [2.05, 4.69) is 190 Å². The van der Waals surface area contributed by atoms with Gasteiger partial charge in [0.05, 0.1) is 0 Å². The van der Waals surface area contributed by atoms with Crippen molar-refractivity contribution in [1.82, 2.24) is 10.6 Å². The minimum absolute atomic E-state index is 0.627. The molecule has 46 heavy (non-hydrogen) atoms. The molecule has 6 aromatic carbocycles. The molecule has 0 aromatic heterocycles. The van der Waals surface area contributed by atoms with Crippen molar-refractivity contribution in [2.24, 2.45) is 0 Å². The molecule has 0 radical (unpaired) electrons. The number of hydrogen-bond donors (Lipinski definition) is 2. The number of rotatable bonds is 13.